The zero-order valence-corrected chi connectivity index (χ0v) is 22.1. The Bertz CT molecular complexity index is 1420. The monoisotopic (exact) mass is 543 g/mol. The van der Waals surface area contributed by atoms with Gasteiger partial charge in [-0.05, 0) is 83.1 Å². The van der Waals surface area contributed by atoms with E-state index in [1.54, 1.807) is 79.9 Å². The highest BCUT2D eigenvalue weighted by atomic mass is 32.2. The van der Waals surface area contributed by atoms with Gasteiger partial charge in [-0.3, -0.25) is 14.4 Å². The highest BCUT2D eigenvalue weighted by Crippen LogP contribution is 2.23. The Morgan fingerprint density at radius 3 is 2.39 bits per heavy atom. The quantitative estimate of drug-likeness (QED) is 0.171. The molecule has 1 aromatic heterocycles. The predicted octanol–water partition coefficient (Wildman–Crippen LogP) is 5.90. The van der Waals surface area contributed by atoms with E-state index in [1.807, 2.05) is 29.0 Å². The number of ether oxygens (including phenoxy) is 1. The molecule has 0 radical (unpaired) electrons. The molecule has 0 bridgehead atoms. The first-order valence-corrected chi connectivity index (χ1v) is 13.5. The van der Waals surface area contributed by atoms with E-state index < -0.39 is 5.91 Å². The van der Waals surface area contributed by atoms with Crippen LogP contribution in [0.1, 0.15) is 15.9 Å². The Balaban J connectivity index is 1.39. The van der Waals surface area contributed by atoms with Crippen molar-refractivity contribution in [3.63, 3.8) is 0 Å². The topological polar surface area (TPSA) is 96.5 Å². The summed E-state index contributed by atoms with van der Waals surface area (Å²) < 4.78 is 5.13. The zero-order valence-electron chi connectivity index (χ0n) is 20.5. The number of hydrogen-bond donors (Lipinski definition) is 3. The average Bonchev–Trinajstić information content (AvgIpc) is 3.46. The number of benzene rings is 3. The summed E-state index contributed by atoms with van der Waals surface area (Å²) in [5.41, 5.74) is 2.60. The molecule has 0 fully saturated rings. The van der Waals surface area contributed by atoms with Crippen LogP contribution in [0.3, 0.4) is 0 Å². The maximum absolute atomic E-state index is 13.2. The van der Waals surface area contributed by atoms with Crippen LogP contribution in [0.4, 0.5) is 11.4 Å². The van der Waals surface area contributed by atoms with Crippen LogP contribution in [-0.2, 0) is 9.59 Å². The van der Waals surface area contributed by atoms with Gasteiger partial charge in [0.1, 0.15) is 11.4 Å². The van der Waals surface area contributed by atoms with Gasteiger partial charge in [-0.25, -0.2) is 0 Å². The molecule has 0 saturated carbocycles. The van der Waals surface area contributed by atoms with E-state index >= 15 is 0 Å². The fraction of sp³-hybridized carbons (Fsp3) is 0.0690. The maximum Gasteiger partial charge on any atom is 0.272 e. The molecule has 0 aliphatic heterocycles. The van der Waals surface area contributed by atoms with Crippen molar-refractivity contribution < 1.29 is 19.1 Å². The van der Waals surface area contributed by atoms with Gasteiger partial charge in [0.2, 0.25) is 5.91 Å². The van der Waals surface area contributed by atoms with Crippen molar-refractivity contribution in [2.45, 2.75) is 4.90 Å². The summed E-state index contributed by atoms with van der Waals surface area (Å²) >= 11 is 2.84. The predicted molar refractivity (Wildman–Crippen MR) is 154 cm³/mol. The minimum atomic E-state index is -0.458. The summed E-state index contributed by atoms with van der Waals surface area (Å²) in [5.74, 6) is -0.0856. The maximum atomic E-state index is 13.2. The molecule has 0 saturated heterocycles. The first kappa shape index (κ1) is 26.7. The molecule has 38 heavy (non-hydrogen) atoms. The smallest absolute Gasteiger partial charge is 0.272 e. The molecule has 7 nitrogen and oxygen atoms in total. The van der Waals surface area contributed by atoms with Crippen LogP contribution in [0.5, 0.6) is 5.75 Å². The number of carbonyl (C=O) groups is 3. The van der Waals surface area contributed by atoms with Gasteiger partial charge in [-0.1, -0.05) is 24.3 Å². The second-order valence-corrected chi connectivity index (χ2v) is 9.81. The summed E-state index contributed by atoms with van der Waals surface area (Å²) in [5, 5.41) is 12.2. The van der Waals surface area contributed by atoms with Crippen LogP contribution in [0, 0.1) is 0 Å². The van der Waals surface area contributed by atoms with E-state index in [4.69, 9.17) is 4.74 Å². The van der Waals surface area contributed by atoms with Crippen molar-refractivity contribution >= 4 is 58.3 Å². The number of amides is 3. The number of carbonyl (C=O) groups excluding carboxylic acids is 3. The van der Waals surface area contributed by atoms with Crippen LogP contribution >= 0.6 is 23.1 Å². The summed E-state index contributed by atoms with van der Waals surface area (Å²) in [6, 6.07) is 24.9. The third kappa shape index (κ3) is 7.83. The van der Waals surface area contributed by atoms with Gasteiger partial charge in [0, 0.05) is 21.8 Å². The Morgan fingerprint density at radius 2 is 1.68 bits per heavy atom. The molecular weight excluding hydrogens is 518 g/mol. The normalized spacial score (nSPS) is 10.9. The van der Waals surface area contributed by atoms with Crippen molar-refractivity contribution in [3.05, 3.63) is 113 Å². The molecule has 3 aromatic carbocycles. The number of thiophene rings is 1. The SMILES string of the molecule is COc1ccc(NC(=O)CSc2cccc(NC(=O)/C(=C/c3ccsc3)NC(=O)c3ccccc3)c2)cc1. The van der Waals surface area contributed by atoms with E-state index in [1.165, 1.54) is 23.1 Å². The minimum absolute atomic E-state index is 0.120. The lowest BCUT2D eigenvalue weighted by Crippen LogP contribution is -2.30. The first-order valence-electron chi connectivity index (χ1n) is 11.6. The van der Waals surface area contributed by atoms with Crippen molar-refractivity contribution in [1.82, 2.24) is 5.32 Å². The number of thioether (sulfide) groups is 1. The Kier molecular flexibility index (Phi) is 9.33. The molecule has 0 aliphatic carbocycles. The summed E-state index contributed by atoms with van der Waals surface area (Å²) in [4.78, 5) is 39.1. The van der Waals surface area contributed by atoms with E-state index in [0.717, 1.165) is 10.5 Å². The molecule has 9 heteroatoms. The van der Waals surface area contributed by atoms with Gasteiger partial charge >= 0.3 is 0 Å². The van der Waals surface area contributed by atoms with Gasteiger partial charge in [0.05, 0.1) is 12.9 Å². The zero-order chi connectivity index (χ0) is 26.7. The van der Waals surface area contributed by atoms with Gasteiger partial charge in [0.25, 0.3) is 11.8 Å². The molecule has 1 heterocycles. The van der Waals surface area contributed by atoms with Crippen LogP contribution in [-0.4, -0.2) is 30.6 Å². The van der Waals surface area contributed by atoms with Crippen molar-refractivity contribution in [3.8, 4) is 5.75 Å². The highest BCUT2D eigenvalue weighted by molar-refractivity contribution is 8.00. The molecule has 192 valence electrons. The third-order valence-electron chi connectivity index (χ3n) is 5.22. The molecule has 0 atom stereocenters. The van der Waals surface area contributed by atoms with Crippen LogP contribution in [0.25, 0.3) is 6.08 Å². The Morgan fingerprint density at radius 1 is 0.895 bits per heavy atom. The second-order valence-electron chi connectivity index (χ2n) is 7.98. The lowest BCUT2D eigenvalue weighted by atomic mass is 10.2. The highest BCUT2D eigenvalue weighted by Gasteiger charge is 2.15. The van der Waals surface area contributed by atoms with E-state index in [-0.39, 0.29) is 23.3 Å². The molecule has 3 amide bonds. The third-order valence-corrected chi connectivity index (χ3v) is 6.91. The number of methoxy groups -OCH3 is 1. The molecule has 3 N–H and O–H groups in total. The molecule has 0 aliphatic rings. The van der Waals surface area contributed by atoms with Crippen molar-refractivity contribution in [2.24, 2.45) is 0 Å². The first-order chi connectivity index (χ1) is 18.5. The number of anilines is 2. The van der Waals surface area contributed by atoms with Crippen molar-refractivity contribution in [2.75, 3.05) is 23.5 Å². The van der Waals surface area contributed by atoms with Gasteiger partial charge in [-0.15, -0.1) is 11.8 Å². The molecular formula is C29H25N3O4S2. The Labute approximate surface area is 228 Å². The number of hydrogen-bond acceptors (Lipinski definition) is 6. The fourth-order valence-electron chi connectivity index (χ4n) is 3.35. The molecule has 4 aromatic rings. The van der Waals surface area contributed by atoms with Gasteiger partial charge < -0.3 is 20.7 Å². The summed E-state index contributed by atoms with van der Waals surface area (Å²) in [7, 11) is 1.59. The second kappa shape index (κ2) is 13.3. The van der Waals surface area contributed by atoms with E-state index in [9.17, 15) is 14.4 Å². The molecule has 0 unspecified atom stereocenters. The number of rotatable bonds is 10. The molecule has 0 spiro atoms. The van der Waals surface area contributed by atoms with Crippen molar-refractivity contribution in [1.29, 1.82) is 0 Å². The van der Waals surface area contributed by atoms with Gasteiger partial charge in [0.15, 0.2) is 0 Å². The molecule has 4 rings (SSSR count). The van der Waals surface area contributed by atoms with E-state index in [2.05, 4.69) is 16.0 Å². The van der Waals surface area contributed by atoms with Gasteiger partial charge in [-0.2, -0.15) is 11.3 Å². The number of nitrogens with one attached hydrogen (secondary N) is 3. The fourth-order valence-corrected chi connectivity index (χ4v) is 4.72. The largest absolute Gasteiger partial charge is 0.497 e. The van der Waals surface area contributed by atoms with Crippen LogP contribution in [0.2, 0.25) is 0 Å². The standard InChI is InChI=1S/C29H25N3O4S2/c1-36-24-12-10-22(11-13-24)30-27(33)19-38-25-9-5-8-23(17-25)31-29(35)26(16-20-14-15-37-18-20)32-28(34)21-6-3-2-4-7-21/h2-18H,19H2,1H3,(H,30,33)(H,31,35)(H,32,34)/b26-16-. The van der Waals surface area contributed by atoms with Crippen LogP contribution < -0.4 is 20.7 Å². The Hall–Kier alpha value is -4.34. The van der Waals surface area contributed by atoms with E-state index in [0.29, 0.717) is 22.7 Å². The lowest BCUT2D eigenvalue weighted by Gasteiger charge is -2.12. The summed E-state index contributed by atoms with van der Waals surface area (Å²) in [6.07, 6.45) is 1.63. The summed E-state index contributed by atoms with van der Waals surface area (Å²) in [6.45, 7) is 0. The minimum Gasteiger partial charge on any atom is -0.497 e. The average molecular weight is 544 g/mol. The lowest BCUT2D eigenvalue weighted by molar-refractivity contribution is -0.114. The van der Waals surface area contributed by atoms with Crippen LogP contribution in [0.15, 0.2) is 106 Å².